The third-order valence-electron chi connectivity index (χ3n) is 3.62. The summed E-state index contributed by atoms with van der Waals surface area (Å²) in [7, 11) is 0. The van der Waals surface area contributed by atoms with E-state index in [4.69, 9.17) is 11.5 Å². The summed E-state index contributed by atoms with van der Waals surface area (Å²) in [6, 6.07) is 15.3. The lowest BCUT2D eigenvalue weighted by Crippen LogP contribution is -2.05. The van der Waals surface area contributed by atoms with E-state index in [1.165, 1.54) is 12.1 Å². The van der Waals surface area contributed by atoms with Crippen molar-refractivity contribution in [1.82, 2.24) is 9.97 Å². The molecule has 0 saturated carbocycles. The van der Waals surface area contributed by atoms with E-state index < -0.39 is 4.92 Å². The van der Waals surface area contributed by atoms with Crippen LogP contribution in [0.4, 0.5) is 17.5 Å². The smallest absolute Gasteiger partial charge is 0.270 e. The van der Waals surface area contributed by atoms with Crippen LogP contribution in [0.15, 0.2) is 48.5 Å². The number of nitrogen functional groups attached to an aromatic ring is 2. The van der Waals surface area contributed by atoms with E-state index >= 15 is 0 Å². The third-order valence-corrected chi connectivity index (χ3v) is 3.62. The summed E-state index contributed by atoms with van der Waals surface area (Å²) >= 11 is 0. The van der Waals surface area contributed by atoms with Crippen LogP contribution in [0.25, 0.3) is 22.4 Å². The lowest BCUT2D eigenvalue weighted by Gasteiger charge is -2.12. The number of benzene rings is 2. The molecule has 1 heterocycles. The Morgan fingerprint density at radius 2 is 1.76 bits per heavy atom. The maximum atomic E-state index is 11.0. The molecule has 0 atom stereocenters. The molecule has 0 unspecified atom stereocenters. The van der Waals surface area contributed by atoms with Crippen LogP contribution in [0.2, 0.25) is 0 Å². The lowest BCUT2D eigenvalue weighted by molar-refractivity contribution is -0.384. The minimum absolute atomic E-state index is 0.0150. The number of rotatable bonds is 3. The minimum Gasteiger partial charge on any atom is -0.382 e. The van der Waals surface area contributed by atoms with E-state index in [9.17, 15) is 15.4 Å². The van der Waals surface area contributed by atoms with Gasteiger partial charge in [-0.25, -0.2) is 4.98 Å². The van der Waals surface area contributed by atoms with Gasteiger partial charge in [-0.3, -0.25) is 10.1 Å². The fraction of sp³-hybridized carbons (Fsp3) is 0. The van der Waals surface area contributed by atoms with Gasteiger partial charge in [-0.15, -0.1) is 0 Å². The third kappa shape index (κ3) is 2.94. The van der Waals surface area contributed by atoms with E-state index in [1.807, 2.05) is 6.07 Å². The van der Waals surface area contributed by atoms with Gasteiger partial charge in [0.25, 0.3) is 5.69 Å². The van der Waals surface area contributed by atoms with E-state index in [1.54, 1.807) is 36.4 Å². The molecule has 0 aliphatic rings. The zero-order valence-electron chi connectivity index (χ0n) is 12.9. The topological polar surface area (TPSA) is 145 Å². The van der Waals surface area contributed by atoms with Crippen LogP contribution in [0, 0.1) is 21.4 Å². The number of nitrogens with zero attached hydrogens (tertiary/aromatic N) is 4. The second kappa shape index (κ2) is 6.25. The van der Waals surface area contributed by atoms with Crippen LogP contribution in [-0.4, -0.2) is 14.9 Å². The number of nitro benzene ring substituents is 1. The highest BCUT2D eigenvalue weighted by molar-refractivity contribution is 5.86. The van der Waals surface area contributed by atoms with Crippen LogP contribution in [0.5, 0.6) is 0 Å². The van der Waals surface area contributed by atoms with Gasteiger partial charge >= 0.3 is 0 Å². The molecule has 122 valence electrons. The van der Waals surface area contributed by atoms with Crippen molar-refractivity contribution in [3.63, 3.8) is 0 Å². The normalized spacial score (nSPS) is 10.2. The molecular formula is C17H12N6O2. The molecule has 3 aromatic rings. The monoisotopic (exact) mass is 332 g/mol. The molecule has 8 heteroatoms. The average molecular weight is 332 g/mol. The molecule has 1 aromatic heterocycles. The lowest BCUT2D eigenvalue weighted by atomic mass is 9.95. The van der Waals surface area contributed by atoms with E-state index in [0.29, 0.717) is 16.7 Å². The van der Waals surface area contributed by atoms with Crippen molar-refractivity contribution in [2.24, 2.45) is 0 Å². The van der Waals surface area contributed by atoms with Crippen LogP contribution < -0.4 is 11.5 Å². The Labute approximate surface area is 142 Å². The highest BCUT2D eigenvalue weighted by Gasteiger charge is 2.17. The number of non-ortho nitro benzene ring substituents is 1. The van der Waals surface area contributed by atoms with E-state index in [0.717, 1.165) is 0 Å². The molecule has 25 heavy (non-hydrogen) atoms. The van der Waals surface area contributed by atoms with Crippen LogP contribution in [0.1, 0.15) is 5.56 Å². The first-order valence-electron chi connectivity index (χ1n) is 7.18. The van der Waals surface area contributed by atoms with Crippen molar-refractivity contribution >= 4 is 17.5 Å². The zero-order chi connectivity index (χ0) is 18.0. The van der Waals surface area contributed by atoms with Crippen molar-refractivity contribution in [2.45, 2.75) is 0 Å². The van der Waals surface area contributed by atoms with Crippen LogP contribution in [-0.2, 0) is 0 Å². The summed E-state index contributed by atoms with van der Waals surface area (Å²) < 4.78 is 0. The largest absolute Gasteiger partial charge is 0.382 e. The first-order chi connectivity index (χ1) is 12.0. The van der Waals surface area contributed by atoms with Gasteiger partial charge in [0.2, 0.25) is 5.95 Å². The molecular weight excluding hydrogens is 320 g/mol. The van der Waals surface area contributed by atoms with Gasteiger partial charge in [0, 0.05) is 17.7 Å². The van der Waals surface area contributed by atoms with Gasteiger partial charge in [-0.1, -0.05) is 36.4 Å². The fourth-order valence-electron chi connectivity index (χ4n) is 2.53. The van der Waals surface area contributed by atoms with Gasteiger partial charge in [0.1, 0.15) is 17.5 Å². The molecule has 0 aliphatic carbocycles. The van der Waals surface area contributed by atoms with Crippen molar-refractivity contribution in [3.8, 4) is 28.5 Å². The highest BCUT2D eigenvalue weighted by atomic mass is 16.6. The highest BCUT2D eigenvalue weighted by Crippen LogP contribution is 2.35. The Bertz CT molecular complexity index is 1030. The maximum absolute atomic E-state index is 11.0. The fourth-order valence-corrected chi connectivity index (χ4v) is 2.53. The van der Waals surface area contributed by atoms with Crippen LogP contribution >= 0.6 is 0 Å². The number of nitro groups is 1. The summed E-state index contributed by atoms with van der Waals surface area (Å²) in [4.78, 5) is 18.5. The van der Waals surface area contributed by atoms with Gasteiger partial charge in [0.15, 0.2) is 0 Å². The molecule has 8 nitrogen and oxygen atoms in total. The van der Waals surface area contributed by atoms with Crippen LogP contribution in [0.3, 0.4) is 0 Å². The number of nitrogens with two attached hydrogens (primary N) is 2. The Kier molecular flexibility index (Phi) is 3.97. The molecule has 0 bridgehead atoms. The first-order valence-corrected chi connectivity index (χ1v) is 7.18. The van der Waals surface area contributed by atoms with Gasteiger partial charge < -0.3 is 11.5 Å². The van der Waals surface area contributed by atoms with Crippen molar-refractivity contribution in [3.05, 3.63) is 64.2 Å². The van der Waals surface area contributed by atoms with Gasteiger partial charge in [-0.2, -0.15) is 10.2 Å². The Hall–Kier alpha value is -3.99. The Morgan fingerprint density at radius 1 is 1.04 bits per heavy atom. The molecule has 0 fully saturated rings. The van der Waals surface area contributed by atoms with Gasteiger partial charge in [-0.05, 0) is 11.1 Å². The van der Waals surface area contributed by atoms with Crippen molar-refractivity contribution in [1.29, 1.82) is 5.26 Å². The summed E-state index contributed by atoms with van der Waals surface area (Å²) in [6.45, 7) is 0. The molecule has 0 amide bonds. The molecule has 0 saturated heterocycles. The van der Waals surface area contributed by atoms with Gasteiger partial charge in [0.05, 0.1) is 10.6 Å². The average Bonchev–Trinajstić information content (AvgIpc) is 2.61. The molecule has 2 aromatic carbocycles. The Morgan fingerprint density at radius 3 is 2.44 bits per heavy atom. The summed E-state index contributed by atoms with van der Waals surface area (Å²) in [6.07, 6.45) is 0. The molecule has 0 aliphatic heterocycles. The minimum atomic E-state index is -0.465. The predicted octanol–water partition coefficient (Wildman–Crippen LogP) is 2.75. The quantitative estimate of drug-likeness (QED) is 0.554. The second-order valence-corrected chi connectivity index (χ2v) is 5.16. The standard InChI is InChI=1S/C17H12N6O2/c18-9-14-15(21-17(20)22-16(14)19)13-7-2-1-6-12(13)10-4-3-5-11(8-10)23(24)25/h1-8H,(H4,19,20,21,22). The van der Waals surface area contributed by atoms with E-state index in [-0.39, 0.29) is 28.7 Å². The summed E-state index contributed by atoms with van der Waals surface area (Å²) in [5, 5.41) is 20.4. The Balaban J connectivity index is 2.27. The van der Waals surface area contributed by atoms with Crippen molar-refractivity contribution < 1.29 is 4.92 Å². The molecule has 3 rings (SSSR count). The number of anilines is 2. The molecule has 0 radical (unpaired) electrons. The second-order valence-electron chi connectivity index (χ2n) is 5.16. The maximum Gasteiger partial charge on any atom is 0.270 e. The summed E-state index contributed by atoms with van der Waals surface area (Å²) in [5.74, 6) is -0.0702. The number of hydrogen-bond donors (Lipinski definition) is 2. The molecule has 4 N–H and O–H groups in total. The zero-order valence-corrected chi connectivity index (χ0v) is 12.9. The number of nitriles is 1. The number of hydrogen-bond acceptors (Lipinski definition) is 7. The predicted molar refractivity (Wildman–Crippen MR) is 93.1 cm³/mol. The number of aromatic nitrogens is 2. The first kappa shape index (κ1) is 15.9. The molecule has 0 spiro atoms. The van der Waals surface area contributed by atoms with E-state index in [2.05, 4.69) is 9.97 Å². The van der Waals surface area contributed by atoms with Crippen molar-refractivity contribution in [2.75, 3.05) is 11.5 Å². The summed E-state index contributed by atoms with van der Waals surface area (Å²) in [5.41, 5.74) is 13.7. The SMILES string of the molecule is N#Cc1c(N)nc(N)nc1-c1ccccc1-c1cccc([N+](=O)[O-])c1.